The van der Waals surface area contributed by atoms with Crippen molar-refractivity contribution >= 4 is 11.3 Å². The van der Waals surface area contributed by atoms with Crippen molar-refractivity contribution in [2.45, 2.75) is 46.2 Å². The minimum absolute atomic E-state index is 0.0917. The highest BCUT2D eigenvalue weighted by Crippen LogP contribution is 2.24. The monoisotopic (exact) mass is 292 g/mol. The van der Waals surface area contributed by atoms with E-state index in [1.807, 2.05) is 18.3 Å². The quantitative estimate of drug-likeness (QED) is 0.873. The van der Waals surface area contributed by atoms with E-state index in [9.17, 15) is 4.39 Å². The number of hydrogen-bond donors (Lipinski definition) is 1. The molecule has 108 valence electrons. The third-order valence-electron chi connectivity index (χ3n) is 3.49. The van der Waals surface area contributed by atoms with Crippen LogP contribution in [0.3, 0.4) is 0 Å². The number of rotatable bonds is 5. The van der Waals surface area contributed by atoms with E-state index in [0.29, 0.717) is 5.56 Å². The van der Waals surface area contributed by atoms with Crippen molar-refractivity contribution in [1.29, 1.82) is 0 Å². The molecule has 1 heterocycles. The molecule has 0 aliphatic rings. The number of nitrogens with zero attached hydrogens (tertiary/aromatic N) is 1. The number of benzene rings is 1. The molecule has 2 atom stereocenters. The van der Waals surface area contributed by atoms with E-state index in [1.165, 1.54) is 4.88 Å². The molecule has 0 radical (unpaired) electrons. The Labute approximate surface area is 124 Å². The van der Waals surface area contributed by atoms with Crippen LogP contribution in [0.2, 0.25) is 0 Å². The second-order valence-corrected chi connectivity index (χ2v) is 6.28. The zero-order chi connectivity index (χ0) is 14.7. The van der Waals surface area contributed by atoms with E-state index in [-0.39, 0.29) is 17.9 Å². The highest BCUT2D eigenvalue weighted by atomic mass is 32.1. The van der Waals surface area contributed by atoms with Gasteiger partial charge in [-0.1, -0.05) is 19.1 Å². The van der Waals surface area contributed by atoms with Gasteiger partial charge >= 0.3 is 0 Å². The van der Waals surface area contributed by atoms with Crippen LogP contribution in [0.1, 0.15) is 53.9 Å². The molecule has 0 amide bonds. The third kappa shape index (κ3) is 3.44. The molecule has 1 N–H and O–H groups in total. The molecule has 0 saturated heterocycles. The molecule has 2 nitrogen and oxygen atoms in total. The summed E-state index contributed by atoms with van der Waals surface area (Å²) in [5, 5.41) is 4.56. The van der Waals surface area contributed by atoms with Gasteiger partial charge < -0.3 is 5.32 Å². The molecule has 0 saturated carbocycles. The maximum Gasteiger partial charge on any atom is 0.126 e. The Hall–Kier alpha value is -1.26. The lowest BCUT2D eigenvalue weighted by molar-refractivity contribution is 0.490. The van der Waals surface area contributed by atoms with Gasteiger partial charge in [-0.05, 0) is 44.4 Å². The van der Waals surface area contributed by atoms with Gasteiger partial charge in [0.1, 0.15) is 10.8 Å². The van der Waals surface area contributed by atoms with E-state index in [2.05, 4.69) is 31.1 Å². The minimum Gasteiger partial charge on any atom is -0.302 e. The number of thiazole rings is 1. The van der Waals surface area contributed by atoms with Crippen LogP contribution >= 0.6 is 11.3 Å². The fourth-order valence-electron chi connectivity index (χ4n) is 2.11. The van der Waals surface area contributed by atoms with Crippen LogP contribution in [0, 0.1) is 12.7 Å². The van der Waals surface area contributed by atoms with Crippen LogP contribution in [0.5, 0.6) is 0 Å². The Balaban J connectivity index is 2.06. The average molecular weight is 292 g/mol. The lowest BCUT2D eigenvalue weighted by Gasteiger charge is -2.19. The van der Waals surface area contributed by atoms with Crippen molar-refractivity contribution in [3.8, 4) is 0 Å². The van der Waals surface area contributed by atoms with E-state index in [1.54, 1.807) is 24.3 Å². The Kier molecular flexibility index (Phi) is 4.89. The van der Waals surface area contributed by atoms with Gasteiger partial charge in [-0.15, -0.1) is 11.3 Å². The molecule has 0 spiro atoms. The Morgan fingerprint density at radius 2 is 2.05 bits per heavy atom. The van der Waals surface area contributed by atoms with E-state index in [4.69, 9.17) is 0 Å². The van der Waals surface area contributed by atoms with Gasteiger partial charge in [-0.25, -0.2) is 9.37 Å². The molecule has 0 fully saturated rings. The fourth-order valence-corrected chi connectivity index (χ4v) is 2.98. The summed E-state index contributed by atoms with van der Waals surface area (Å²) in [4.78, 5) is 5.74. The van der Waals surface area contributed by atoms with Crippen LogP contribution in [-0.2, 0) is 6.42 Å². The SMILES string of the molecule is CCc1cnc(C(C)NC(C)c2ccc(C)c(F)c2)s1. The zero-order valence-electron chi connectivity index (χ0n) is 12.4. The summed E-state index contributed by atoms with van der Waals surface area (Å²) in [6, 6.07) is 5.67. The van der Waals surface area contributed by atoms with Gasteiger partial charge in [0.15, 0.2) is 0 Å². The summed E-state index contributed by atoms with van der Waals surface area (Å²) >= 11 is 1.74. The largest absolute Gasteiger partial charge is 0.302 e. The molecule has 0 aliphatic carbocycles. The summed E-state index contributed by atoms with van der Waals surface area (Å²) in [6.45, 7) is 8.06. The van der Waals surface area contributed by atoms with Crippen molar-refractivity contribution in [2.75, 3.05) is 0 Å². The van der Waals surface area contributed by atoms with Gasteiger partial charge in [-0.3, -0.25) is 0 Å². The molecule has 2 aromatic rings. The number of halogens is 1. The van der Waals surface area contributed by atoms with Gasteiger partial charge in [0.2, 0.25) is 0 Å². The van der Waals surface area contributed by atoms with Crippen molar-refractivity contribution in [3.05, 3.63) is 51.2 Å². The Morgan fingerprint density at radius 3 is 2.65 bits per heavy atom. The number of hydrogen-bond acceptors (Lipinski definition) is 3. The highest BCUT2D eigenvalue weighted by molar-refractivity contribution is 7.11. The van der Waals surface area contributed by atoms with Crippen LogP contribution in [0.25, 0.3) is 0 Å². The van der Waals surface area contributed by atoms with Crippen molar-refractivity contribution < 1.29 is 4.39 Å². The topological polar surface area (TPSA) is 24.9 Å². The van der Waals surface area contributed by atoms with Crippen LogP contribution in [-0.4, -0.2) is 4.98 Å². The third-order valence-corrected chi connectivity index (χ3v) is 4.81. The van der Waals surface area contributed by atoms with E-state index in [0.717, 1.165) is 17.0 Å². The van der Waals surface area contributed by atoms with Gasteiger partial charge in [0, 0.05) is 17.1 Å². The molecule has 1 aromatic carbocycles. The standard InChI is InChI=1S/C16H21FN2S/c1-5-14-9-18-16(20-14)12(4)19-11(3)13-7-6-10(2)15(17)8-13/h6-9,11-12,19H,5H2,1-4H3. The summed E-state index contributed by atoms with van der Waals surface area (Å²) in [7, 11) is 0. The zero-order valence-corrected chi connectivity index (χ0v) is 13.2. The van der Waals surface area contributed by atoms with Crippen molar-refractivity contribution in [2.24, 2.45) is 0 Å². The second-order valence-electron chi connectivity index (χ2n) is 5.14. The smallest absolute Gasteiger partial charge is 0.126 e. The molecule has 1 aromatic heterocycles. The minimum atomic E-state index is -0.147. The number of aryl methyl sites for hydroxylation is 2. The lowest BCUT2D eigenvalue weighted by Crippen LogP contribution is -2.22. The van der Waals surface area contributed by atoms with Crippen LogP contribution in [0.15, 0.2) is 24.4 Å². The summed E-state index contributed by atoms with van der Waals surface area (Å²) in [5.41, 5.74) is 1.65. The normalized spacial score (nSPS) is 14.2. The summed E-state index contributed by atoms with van der Waals surface area (Å²) < 4.78 is 13.6. The van der Waals surface area contributed by atoms with Gasteiger partial charge in [0.05, 0.1) is 6.04 Å². The van der Waals surface area contributed by atoms with Crippen LogP contribution in [0.4, 0.5) is 4.39 Å². The first-order valence-electron chi connectivity index (χ1n) is 6.98. The molecular weight excluding hydrogens is 271 g/mol. The van der Waals surface area contributed by atoms with E-state index < -0.39 is 0 Å². The first-order valence-corrected chi connectivity index (χ1v) is 7.79. The molecule has 0 bridgehead atoms. The summed E-state index contributed by atoms with van der Waals surface area (Å²) in [5.74, 6) is -0.147. The number of nitrogens with one attached hydrogen (secondary N) is 1. The molecule has 4 heteroatoms. The highest BCUT2D eigenvalue weighted by Gasteiger charge is 2.14. The number of aromatic nitrogens is 1. The predicted octanol–water partition coefficient (Wildman–Crippen LogP) is 4.56. The lowest BCUT2D eigenvalue weighted by atomic mass is 10.1. The molecule has 20 heavy (non-hydrogen) atoms. The Morgan fingerprint density at radius 1 is 1.30 bits per heavy atom. The van der Waals surface area contributed by atoms with Crippen molar-refractivity contribution in [3.63, 3.8) is 0 Å². The van der Waals surface area contributed by atoms with Gasteiger partial charge in [0.25, 0.3) is 0 Å². The van der Waals surface area contributed by atoms with Crippen molar-refractivity contribution in [1.82, 2.24) is 10.3 Å². The maximum atomic E-state index is 13.6. The summed E-state index contributed by atoms with van der Waals surface area (Å²) in [6.07, 6.45) is 2.96. The first-order chi connectivity index (χ1) is 9.51. The average Bonchev–Trinajstić information content (AvgIpc) is 2.90. The fraction of sp³-hybridized carbons (Fsp3) is 0.438. The Bertz CT molecular complexity index is 580. The first kappa shape index (κ1) is 15.1. The predicted molar refractivity (Wildman–Crippen MR) is 82.6 cm³/mol. The molecular formula is C16H21FN2S. The molecule has 0 aliphatic heterocycles. The van der Waals surface area contributed by atoms with Crippen LogP contribution < -0.4 is 5.32 Å². The second kappa shape index (κ2) is 6.46. The molecule has 2 rings (SSSR count). The van der Waals surface area contributed by atoms with Gasteiger partial charge in [-0.2, -0.15) is 0 Å². The van der Waals surface area contributed by atoms with E-state index >= 15 is 0 Å². The maximum absolute atomic E-state index is 13.6. The molecule has 2 unspecified atom stereocenters.